The molecule has 0 bridgehead atoms. The Morgan fingerprint density at radius 3 is 2.87 bits per heavy atom. The van der Waals surface area contributed by atoms with Gasteiger partial charge in [0.05, 0.1) is 11.3 Å². The van der Waals surface area contributed by atoms with Crippen LogP contribution in [0.3, 0.4) is 0 Å². The Balaban J connectivity index is 1.99. The van der Waals surface area contributed by atoms with Crippen molar-refractivity contribution < 1.29 is 0 Å². The zero-order chi connectivity index (χ0) is 16.3. The van der Waals surface area contributed by atoms with Gasteiger partial charge in [0, 0.05) is 31.1 Å². The first kappa shape index (κ1) is 17.4. The summed E-state index contributed by atoms with van der Waals surface area (Å²) in [7, 11) is 0. The van der Waals surface area contributed by atoms with Crippen LogP contribution in [-0.4, -0.2) is 23.1 Å². The number of thiazole rings is 1. The molecule has 2 heterocycles. The van der Waals surface area contributed by atoms with Gasteiger partial charge in [-0.15, -0.1) is 11.3 Å². The van der Waals surface area contributed by atoms with Crippen LogP contribution in [0, 0.1) is 16.8 Å². The van der Waals surface area contributed by atoms with E-state index in [2.05, 4.69) is 33.4 Å². The number of hydrogen-bond acceptors (Lipinski definition) is 5. The van der Waals surface area contributed by atoms with Crippen LogP contribution in [0.5, 0.6) is 0 Å². The molecule has 0 aromatic carbocycles. The van der Waals surface area contributed by atoms with Crippen molar-refractivity contribution >= 4 is 17.2 Å². The topological polar surface area (TPSA) is 52.8 Å². The van der Waals surface area contributed by atoms with Crippen LogP contribution in [0.25, 0.3) is 0 Å². The molecule has 0 saturated carbocycles. The van der Waals surface area contributed by atoms with Gasteiger partial charge < -0.3 is 4.90 Å². The van der Waals surface area contributed by atoms with Gasteiger partial charge in [0.2, 0.25) is 0 Å². The summed E-state index contributed by atoms with van der Waals surface area (Å²) in [6.07, 6.45) is 8.80. The van der Waals surface area contributed by atoms with Crippen LogP contribution in [-0.2, 0) is 6.42 Å². The molecular formula is C18H23N4S. The van der Waals surface area contributed by atoms with Crippen LogP contribution in [0.15, 0.2) is 23.7 Å². The molecule has 0 saturated heterocycles. The average Bonchev–Trinajstić information content (AvgIpc) is 3.11. The van der Waals surface area contributed by atoms with E-state index in [4.69, 9.17) is 0 Å². The van der Waals surface area contributed by atoms with Crippen molar-refractivity contribution in [3.05, 3.63) is 40.5 Å². The minimum Gasteiger partial charge on any atom is -0.355 e. The van der Waals surface area contributed by atoms with Gasteiger partial charge in [0.1, 0.15) is 11.9 Å². The maximum atomic E-state index is 9.33. The second-order valence-corrected chi connectivity index (χ2v) is 6.22. The number of nitrogens with zero attached hydrogens (tertiary/aromatic N) is 4. The SMILES string of the molecule is CCCCCCCN(CCc1cs[c]n1)c1ncccc1C#N. The van der Waals surface area contributed by atoms with Gasteiger partial charge in [-0.2, -0.15) is 5.26 Å². The van der Waals surface area contributed by atoms with E-state index < -0.39 is 0 Å². The molecule has 0 aliphatic rings. The molecule has 0 atom stereocenters. The van der Waals surface area contributed by atoms with Gasteiger partial charge in [0.25, 0.3) is 0 Å². The van der Waals surface area contributed by atoms with Crippen molar-refractivity contribution in [2.75, 3.05) is 18.0 Å². The maximum absolute atomic E-state index is 9.33. The molecule has 2 rings (SSSR count). The Kier molecular flexibility index (Phi) is 7.55. The molecule has 5 heteroatoms. The second-order valence-electron chi connectivity index (χ2n) is 5.57. The summed E-state index contributed by atoms with van der Waals surface area (Å²) >= 11 is 1.50. The number of anilines is 1. The zero-order valence-corrected chi connectivity index (χ0v) is 14.5. The molecule has 0 unspecified atom stereocenters. The Morgan fingerprint density at radius 2 is 2.13 bits per heavy atom. The summed E-state index contributed by atoms with van der Waals surface area (Å²) in [5.41, 5.74) is 4.59. The van der Waals surface area contributed by atoms with E-state index in [9.17, 15) is 5.26 Å². The smallest absolute Gasteiger partial charge is 0.152 e. The Bertz CT molecular complexity index is 604. The summed E-state index contributed by atoms with van der Waals surface area (Å²) in [6, 6.07) is 5.91. The number of aromatic nitrogens is 2. The van der Waals surface area contributed by atoms with E-state index in [0.717, 1.165) is 37.4 Å². The molecule has 0 amide bonds. The molecule has 1 radical (unpaired) electrons. The summed E-state index contributed by atoms with van der Waals surface area (Å²) in [4.78, 5) is 10.9. The van der Waals surface area contributed by atoms with E-state index in [0.29, 0.717) is 5.56 Å². The lowest BCUT2D eigenvalue weighted by molar-refractivity contribution is 0.614. The molecule has 2 aromatic rings. The zero-order valence-electron chi connectivity index (χ0n) is 13.7. The van der Waals surface area contributed by atoms with Crippen molar-refractivity contribution in [2.45, 2.75) is 45.4 Å². The molecule has 0 N–H and O–H groups in total. The van der Waals surface area contributed by atoms with Crippen LogP contribution in [0.1, 0.15) is 50.3 Å². The summed E-state index contributed by atoms with van der Waals surface area (Å²) < 4.78 is 0. The third kappa shape index (κ3) is 5.65. The van der Waals surface area contributed by atoms with E-state index >= 15 is 0 Å². The Morgan fingerprint density at radius 1 is 1.26 bits per heavy atom. The second kappa shape index (κ2) is 9.96. The lowest BCUT2D eigenvalue weighted by Crippen LogP contribution is -2.28. The highest BCUT2D eigenvalue weighted by Gasteiger charge is 2.13. The molecule has 0 fully saturated rings. The normalized spacial score (nSPS) is 10.4. The fraction of sp³-hybridized carbons (Fsp3) is 0.500. The summed E-state index contributed by atoms with van der Waals surface area (Å²) in [5, 5.41) is 11.4. The molecule has 0 aliphatic heterocycles. The van der Waals surface area contributed by atoms with Crippen molar-refractivity contribution in [3.8, 4) is 6.07 Å². The highest BCUT2D eigenvalue weighted by atomic mass is 32.1. The third-order valence-electron chi connectivity index (χ3n) is 3.81. The quantitative estimate of drug-likeness (QED) is 0.613. The number of rotatable bonds is 10. The number of nitriles is 1. The fourth-order valence-corrected chi connectivity index (χ4v) is 3.07. The van der Waals surface area contributed by atoms with Gasteiger partial charge in [-0.3, -0.25) is 0 Å². The largest absolute Gasteiger partial charge is 0.355 e. The molecule has 2 aromatic heterocycles. The Labute approximate surface area is 142 Å². The minimum absolute atomic E-state index is 0.644. The van der Waals surface area contributed by atoms with Gasteiger partial charge in [-0.25, -0.2) is 9.97 Å². The maximum Gasteiger partial charge on any atom is 0.152 e. The molecule has 0 aliphatic carbocycles. The van der Waals surface area contributed by atoms with Crippen molar-refractivity contribution in [1.29, 1.82) is 5.26 Å². The standard InChI is InChI=1S/C18H23N4S/c1-2-3-4-5-6-11-22(12-9-17-14-23-15-21-17)18-16(13-19)8-7-10-20-18/h7-8,10,14H,2-6,9,11-12H2,1H3. The lowest BCUT2D eigenvalue weighted by atomic mass is 10.1. The third-order valence-corrected chi connectivity index (χ3v) is 4.40. The predicted molar refractivity (Wildman–Crippen MR) is 94.6 cm³/mol. The number of hydrogen-bond donors (Lipinski definition) is 0. The first-order valence-electron chi connectivity index (χ1n) is 8.25. The van der Waals surface area contributed by atoms with Gasteiger partial charge in [-0.05, 0) is 18.6 Å². The van der Waals surface area contributed by atoms with Crippen molar-refractivity contribution in [3.63, 3.8) is 0 Å². The fourth-order valence-electron chi connectivity index (χ4n) is 2.54. The van der Waals surface area contributed by atoms with Crippen LogP contribution in [0.4, 0.5) is 5.82 Å². The van der Waals surface area contributed by atoms with Gasteiger partial charge in [-0.1, -0.05) is 32.6 Å². The first-order chi connectivity index (χ1) is 11.3. The van der Waals surface area contributed by atoms with Crippen LogP contribution >= 0.6 is 11.3 Å². The number of unbranched alkanes of at least 4 members (excludes halogenated alkanes) is 4. The van der Waals surface area contributed by atoms with Crippen molar-refractivity contribution in [1.82, 2.24) is 9.97 Å². The first-order valence-corrected chi connectivity index (χ1v) is 9.13. The van der Waals surface area contributed by atoms with Gasteiger partial charge >= 0.3 is 0 Å². The van der Waals surface area contributed by atoms with E-state index in [1.54, 1.807) is 6.20 Å². The van der Waals surface area contributed by atoms with E-state index in [1.807, 2.05) is 17.5 Å². The predicted octanol–water partition coefficient (Wildman–Crippen LogP) is 4.23. The molecular weight excluding hydrogens is 304 g/mol. The lowest BCUT2D eigenvalue weighted by Gasteiger charge is -2.24. The number of pyridine rings is 1. The average molecular weight is 327 g/mol. The van der Waals surface area contributed by atoms with E-state index in [-0.39, 0.29) is 0 Å². The Hall–Kier alpha value is -1.93. The molecule has 23 heavy (non-hydrogen) atoms. The minimum atomic E-state index is 0.644. The van der Waals surface area contributed by atoms with Gasteiger partial charge in [0.15, 0.2) is 5.51 Å². The van der Waals surface area contributed by atoms with Crippen LogP contribution < -0.4 is 4.90 Å². The molecule has 0 spiro atoms. The monoisotopic (exact) mass is 327 g/mol. The molecule has 4 nitrogen and oxygen atoms in total. The highest BCUT2D eigenvalue weighted by molar-refractivity contribution is 7.07. The van der Waals surface area contributed by atoms with Crippen molar-refractivity contribution in [2.24, 2.45) is 0 Å². The van der Waals surface area contributed by atoms with Crippen LogP contribution in [0.2, 0.25) is 0 Å². The molecule has 121 valence electrons. The van der Waals surface area contributed by atoms with E-state index in [1.165, 1.54) is 37.0 Å². The summed E-state index contributed by atoms with van der Waals surface area (Å²) in [5.74, 6) is 0.796. The summed E-state index contributed by atoms with van der Waals surface area (Å²) in [6.45, 7) is 3.99. The highest BCUT2D eigenvalue weighted by Crippen LogP contribution is 2.18.